The van der Waals surface area contributed by atoms with Crippen molar-refractivity contribution in [1.29, 1.82) is 0 Å². The van der Waals surface area contributed by atoms with Gasteiger partial charge in [-0.1, -0.05) is 48.8 Å². The van der Waals surface area contributed by atoms with Gasteiger partial charge in [0.15, 0.2) is 0 Å². The van der Waals surface area contributed by atoms with Crippen LogP contribution in [0.25, 0.3) is 0 Å². The van der Waals surface area contributed by atoms with Crippen molar-refractivity contribution in [3.8, 4) is 0 Å². The van der Waals surface area contributed by atoms with Gasteiger partial charge < -0.3 is 9.47 Å². The van der Waals surface area contributed by atoms with Crippen LogP contribution >= 0.6 is 0 Å². The maximum atomic E-state index is 11.7. The van der Waals surface area contributed by atoms with E-state index < -0.39 is 0 Å². The molecule has 0 N–H and O–H groups in total. The van der Waals surface area contributed by atoms with Crippen LogP contribution in [-0.2, 0) is 19.1 Å². The van der Waals surface area contributed by atoms with Crippen molar-refractivity contribution < 1.29 is 19.1 Å². The van der Waals surface area contributed by atoms with Gasteiger partial charge in [-0.25, -0.2) is 0 Å². The molecule has 4 nitrogen and oxygen atoms in total. The predicted octanol–water partition coefficient (Wildman–Crippen LogP) is 5.85. The summed E-state index contributed by atoms with van der Waals surface area (Å²) in [6, 6.07) is 0. The third-order valence-corrected chi connectivity index (χ3v) is 5.30. The number of rotatable bonds is 8. The van der Waals surface area contributed by atoms with Crippen LogP contribution in [0.3, 0.4) is 0 Å². The summed E-state index contributed by atoms with van der Waals surface area (Å²) in [7, 11) is 0. The summed E-state index contributed by atoms with van der Waals surface area (Å²) in [4.78, 5) is 22.5. The van der Waals surface area contributed by atoms with Gasteiger partial charge in [-0.2, -0.15) is 0 Å². The number of hydrogen-bond acceptors (Lipinski definition) is 4. The number of hydrogen-bond donors (Lipinski definition) is 0. The van der Waals surface area contributed by atoms with Crippen LogP contribution in [0.5, 0.6) is 0 Å². The average molecular weight is 389 g/mol. The van der Waals surface area contributed by atoms with Crippen LogP contribution in [0.15, 0.2) is 46.6 Å². The number of carbonyl (C=O) groups excluding carboxylic acids is 2. The number of esters is 2. The highest BCUT2D eigenvalue weighted by molar-refractivity contribution is 5.66. The molecule has 1 aliphatic carbocycles. The van der Waals surface area contributed by atoms with Gasteiger partial charge in [-0.15, -0.1) is 0 Å². The molecule has 0 aromatic carbocycles. The van der Waals surface area contributed by atoms with E-state index in [4.69, 9.17) is 9.47 Å². The molecule has 4 heteroatoms. The summed E-state index contributed by atoms with van der Waals surface area (Å²) >= 11 is 0. The first-order valence-electron chi connectivity index (χ1n) is 10.0. The first kappa shape index (κ1) is 23.9. The van der Waals surface area contributed by atoms with Crippen LogP contribution < -0.4 is 0 Å². The maximum absolute atomic E-state index is 11.7. The Balaban J connectivity index is 2.91. The zero-order valence-corrected chi connectivity index (χ0v) is 18.6. The molecule has 1 aliphatic rings. The van der Waals surface area contributed by atoms with Crippen molar-refractivity contribution in [3.63, 3.8) is 0 Å². The maximum Gasteiger partial charge on any atom is 0.303 e. The normalized spacial score (nSPS) is 19.0. The van der Waals surface area contributed by atoms with E-state index in [1.54, 1.807) is 0 Å². The first-order valence-corrected chi connectivity index (χ1v) is 10.0. The Morgan fingerprint density at radius 2 is 1.82 bits per heavy atom. The van der Waals surface area contributed by atoms with Gasteiger partial charge in [0.1, 0.15) is 12.7 Å². The van der Waals surface area contributed by atoms with E-state index in [1.807, 2.05) is 38.2 Å². The van der Waals surface area contributed by atoms with E-state index in [-0.39, 0.29) is 30.1 Å². The Bertz CT molecular complexity index is 689. The quantitative estimate of drug-likeness (QED) is 0.297. The molecule has 0 heterocycles. The van der Waals surface area contributed by atoms with Gasteiger partial charge in [-0.05, 0) is 57.1 Å². The Morgan fingerprint density at radius 1 is 1.14 bits per heavy atom. The molecule has 28 heavy (non-hydrogen) atoms. The predicted molar refractivity (Wildman–Crippen MR) is 114 cm³/mol. The molecule has 0 amide bonds. The van der Waals surface area contributed by atoms with Gasteiger partial charge in [-0.3, -0.25) is 9.59 Å². The molecule has 0 aliphatic heterocycles. The molecule has 0 bridgehead atoms. The van der Waals surface area contributed by atoms with Crippen LogP contribution in [0.1, 0.15) is 74.1 Å². The second-order valence-electron chi connectivity index (χ2n) is 8.32. The van der Waals surface area contributed by atoms with Crippen molar-refractivity contribution in [2.45, 2.75) is 80.3 Å². The number of carbonyl (C=O) groups is 2. The van der Waals surface area contributed by atoms with E-state index >= 15 is 0 Å². The molecule has 1 atom stereocenters. The van der Waals surface area contributed by atoms with Gasteiger partial charge >= 0.3 is 11.9 Å². The summed E-state index contributed by atoms with van der Waals surface area (Å²) in [5.74, 6) is -0.547. The molecule has 1 unspecified atom stereocenters. The fourth-order valence-corrected chi connectivity index (χ4v) is 3.62. The molecular formula is C24H36O4. The minimum absolute atomic E-state index is 0.146. The van der Waals surface area contributed by atoms with Gasteiger partial charge in [0.25, 0.3) is 0 Å². The molecule has 1 rings (SSSR count). The molecule has 0 spiro atoms. The fourth-order valence-electron chi connectivity index (χ4n) is 3.62. The highest BCUT2D eigenvalue weighted by Crippen LogP contribution is 2.43. The largest absolute Gasteiger partial charge is 0.462 e. The smallest absolute Gasteiger partial charge is 0.303 e. The van der Waals surface area contributed by atoms with Crippen LogP contribution in [0.4, 0.5) is 0 Å². The van der Waals surface area contributed by atoms with Crippen molar-refractivity contribution in [2.24, 2.45) is 5.41 Å². The van der Waals surface area contributed by atoms with E-state index in [1.165, 1.54) is 37.8 Å². The van der Waals surface area contributed by atoms with Crippen LogP contribution in [0.2, 0.25) is 0 Å². The third-order valence-electron chi connectivity index (χ3n) is 5.30. The average Bonchev–Trinajstić information content (AvgIpc) is 2.56. The van der Waals surface area contributed by atoms with E-state index in [0.717, 1.165) is 24.0 Å². The summed E-state index contributed by atoms with van der Waals surface area (Å²) in [6.45, 7) is 13.9. The lowest BCUT2D eigenvalue weighted by atomic mass is 9.70. The highest BCUT2D eigenvalue weighted by Gasteiger charge is 2.31. The molecule has 156 valence electrons. The van der Waals surface area contributed by atoms with Gasteiger partial charge in [0.05, 0.1) is 0 Å². The fraction of sp³-hybridized carbons (Fsp3) is 0.583. The summed E-state index contributed by atoms with van der Waals surface area (Å²) in [6.07, 6.45) is 11.7. The molecule has 0 saturated carbocycles. The Hall–Kier alpha value is -2.10. The Labute approximate surface area is 170 Å². The zero-order chi connectivity index (χ0) is 21.3. The summed E-state index contributed by atoms with van der Waals surface area (Å²) in [5.41, 5.74) is 5.01. The zero-order valence-electron chi connectivity index (χ0n) is 18.6. The third kappa shape index (κ3) is 8.28. The minimum atomic E-state index is -0.289. The van der Waals surface area contributed by atoms with Crippen molar-refractivity contribution >= 4 is 11.9 Å². The lowest BCUT2D eigenvalue weighted by Crippen LogP contribution is -2.26. The summed E-state index contributed by atoms with van der Waals surface area (Å²) < 4.78 is 10.6. The topological polar surface area (TPSA) is 52.6 Å². The minimum Gasteiger partial charge on any atom is -0.462 e. The Morgan fingerprint density at radius 3 is 2.39 bits per heavy atom. The second-order valence-corrected chi connectivity index (χ2v) is 8.32. The second kappa shape index (κ2) is 11.0. The van der Waals surface area contributed by atoms with Crippen molar-refractivity contribution in [1.82, 2.24) is 0 Å². The number of ether oxygens (including phenoxy) is 2. The lowest BCUT2D eigenvalue weighted by molar-refractivity contribution is -0.144. The molecule has 0 fully saturated rings. The van der Waals surface area contributed by atoms with Crippen LogP contribution in [-0.4, -0.2) is 24.6 Å². The SMILES string of the molecule is CC(=O)OC/C=C(\C)C=CC=C(C)C(CC1=C(C)CCCC1(C)C)OC(C)=O. The molecule has 0 aromatic heterocycles. The van der Waals surface area contributed by atoms with Crippen molar-refractivity contribution in [3.05, 3.63) is 46.6 Å². The summed E-state index contributed by atoms with van der Waals surface area (Å²) in [5, 5.41) is 0. The molecule has 0 aromatic rings. The molecular weight excluding hydrogens is 352 g/mol. The number of allylic oxidation sites excluding steroid dienone is 5. The molecule has 0 radical (unpaired) electrons. The van der Waals surface area contributed by atoms with E-state index in [9.17, 15) is 9.59 Å². The molecule has 0 saturated heterocycles. The van der Waals surface area contributed by atoms with Crippen molar-refractivity contribution in [2.75, 3.05) is 6.61 Å². The van der Waals surface area contributed by atoms with E-state index in [2.05, 4.69) is 20.8 Å². The van der Waals surface area contributed by atoms with E-state index in [0.29, 0.717) is 0 Å². The Kier molecular flexibility index (Phi) is 9.44. The monoisotopic (exact) mass is 388 g/mol. The highest BCUT2D eigenvalue weighted by atomic mass is 16.5. The lowest BCUT2D eigenvalue weighted by Gasteiger charge is -2.36. The van der Waals surface area contributed by atoms with Gasteiger partial charge in [0.2, 0.25) is 0 Å². The van der Waals surface area contributed by atoms with Crippen LogP contribution in [0, 0.1) is 5.41 Å². The standard InChI is InChI=1S/C24H36O4/c1-17(13-15-27-20(4)25)10-8-11-19(3)23(28-21(5)26)16-22-18(2)12-9-14-24(22,6)7/h8,10-11,13,23H,9,12,14-16H2,1-7H3/b10-8?,17-13+,19-11?. The first-order chi connectivity index (χ1) is 13.0. The van der Waals surface area contributed by atoms with Gasteiger partial charge in [0, 0.05) is 20.3 Å².